The van der Waals surface area contributed by atoms with Gasteiger partial charge in [-0.15, -0.1) is 0 Å². The van der Waals surface area contributed by atoms with E-state index in [0.717, 1.165) is 18.4 Å². The Morgan fingerprint density at radius 2 is 1.85 bits per heavy atom. The molecule has 0 aliphatic carbocycles. The fourth-order valence-corrected chi connectivity index (χ4v) is 3.45. The van der Waals surface area contributed by atoms with Gasteiger partial charge in [0.1, 0.15) is 6.04 Å². The highest BCUT2D eigenvalue weighted by molar-refractivity contribution is 5.90. The monoisotopic (exact) mass is 376 g/mol. The first-order chi connectivity index (χ1) is 12.7. The molecule has 27 heavy (non-hydrogen) atoms. The van der Waals surface area contributed by atoms with E-state index in [1.54, 1.807) is 24.0 Å². The largest absolute Gasteiger partial charge is 0.493 e. The van der Waals surface area contributed by atoms with Crippen molar-refractivity contribution in [1.29, 1.82) is 0 Å². The number of carbonyl (C=O) groups excluding carboxylic acids is 2. The van der Waals surface area contributed by atoms with Gasteiger partial charge in [-0.3, -0.25) is 9.59 Å². The first-order valence-electron chi connectivity index (χ1n) is 9.53. The van der Waals surface area contributed by atoms with Crippen LogP contribution in [-0.2, 0) is 16.1 Å². The normalized spacial score (nSPS) is 17.0. The number of carbonyl (C=O) groups is 2. The van der Waals surface area contributed by atoms with Gasteiger partial charge in [-0.1, -0.05) is 26.8 Å². The van der Waals surface area contributed by atoms with Crippen molar-refractivity contribution in [3.8, 4) is 11.5 Å². The number of hydrogen-bond acceptors (Lipinski definition) is 4. The average molecular weight is 376 g/mol. The Labute approximate surface area is 162 Å². The molecule has 1 aliphatic heterocycles. The van der Waals surface area contributed by atoms with E-state index in [1.807, 2.05) is 45.9 Å². The van der Waals surface area contributed by atoms with E-state index >= 15 is 0 Å². The van der Waals surface area contributed by atoms with Crippen molar-refractivity contribution < 1.29 is 19.1 Å². The molecule has 0 aromatic heterocycles. The van der Waals surface area contributed by atoms with Crippen LogP contribution in [0.3, 0.4) is 0 Å². The first kappa shape index (κ1) is 21.1. The van der Waals surface area contributed by atoms with Gasteiger partial charge in [0, 0.05) is 25.0 Å². The summed E-state index contributed by atoms with van der Waals surface area (Å²) in [5.41, 5.74) is 0.484. The van der Waals surface area contributed by atoms with E-state index in [1.165, 1.54) is 0 Å². The number of hydrogen-bond donors (Lipinski definition) is 0. The van der Waals surface area contributed by atoms with Crippen LogP contribution in [0.4, 0.5) is 0 Å². The zero-order valence-electron chi connectivity index (χ0n) is 17.4. The fraction of sp³-hybridized carbons (Fsp3) is 0.619. The van der Waals surface area contributed by atoms with Gasteiger partial charge in [-0.2, -0.15) is 0 Å². The van der Waals surface area contributed by atoms with Gasteiger partial charge in [0.05, 0.1) is 14.2 Å². The van der Waals surface area contributed by atoms with Crippen LogP contribution in [0.2, 0.25) is 0 Å². The van der Waals surface area contributed by atoms with Crippen molar-refractivity contribution in [1.82, 2.24) is 9.80 Å². The molecule has 1 fully saturated rings. The summed E-state index contributed by atoms with van der Waals surface area (Å²) >= 11 is 0. The maximum Gasteiger partial charge on any atom is 0.245 e. The van der Waals surface area contributed by atoms with Gasteiger partial charge in [0.15, 0.2) is 11.5 Å². The number of benzene rings is 1. The Bertz CT molecular complexity index is 681. The second-order valence-electron chi connectivity index (χ2n) is 7.95. The zero-order valence-corrected chi connectivity index (χ0v) is 17.4. The molecule has 1 heterocycles. The summed E-state index contributed by atoms with van der Waals surface area (Å²) in [6.45, 7) is 9.37. The third-order valence-corrected chi connectivity index (χ3v) is 4.96. The third-order valence-electron chi connectivity index (χ3n) is 4.96. The lowest BCUT2D eigenvalue weighted by Crippen LogP contribution is -2.50. The summed E-state index contributed by atoms with van der Waals surface area (Å²) in [7, 11) is 3.19. The molecule has 2 amide bonds. The highest BCUT2D eigenvalue weighted by atomic mass is 16.5. The quantitative estimate of drug-likeness (QED) is 0.766. The van der Waals surface area contributed by atoms with Crippen molar-refractivity contribution in [2.24, 2.45) is 5.41 Å². The summed E-state index contributed by atoms with van der Waals surface area (Å²) < 4.78 is 10.6. The summed E-state index contributed by atoms with van der Waals surface area (Å²) in [4.78, 5) is 29.5. The smallest absolute Gasteiger partial charge is 0.245 e. The van der Waals surface area contributed by atoms with E-state index in [9.17, 15) is 9.59 Å². The molecule has 0 saturated carbocycles. The summed E-state index contributed by atoms with van der Waals surface area (Å²) in [5.74, 6) is 1.36. The maximum absolute atomic E-state index is 13.2. The van der Waals surface area contributed by atoms with E-state index in [4.69, 9.17) is 9.47 Å². The van der Waals surface area contributed by atoms with Crippen LogP contribution in [0.5, 0.6) is 11.5 Å². The molecule has 0 spiro atoms. The van der Waals surface area contributed by atoms with Gasteiger partial charge in [0.2, 0.25) is 11.8 Å². The lowest BCUT2D eigenvalue weighted by molar-refractivity contribution is -0.148. The minimum Gasteiger partial charge on any atom is -0.493 e. The number of methoxy groups -OCH3 is 2. The van der Waals surface area contributed by atoms with Crippen molar-refractivity contribution >= 4 is 11.8 Å². The molecular formula is C21H32N2O4. The summed E-state index contributed by atoms with van der Waals surface area (Å²) in [5, 5.41) is 0. The maximum atomic E-state index is 13.2. The van der Waals surface area contributed by atoms with E-state index in [0.29, 0.717) is 31.1 Å². The SMILES string of the molecule is CCN(Cc1ccc(OC)c(OC)c1)C(=O)C1CCCN1C(=O)C(C)(C)C. The zero-order chi connectivity index (χ0) is 20.2. The topological polar surface area (TPSA) is 59.1 Å². The van der Waals surface area contributed by atoms with Crippen LogP contribution in [0, 0.1) is 5.41 Å². The van der Waals surface area contributed by atoms with Gasteiger partial charge >= 0.3 is 0 Å². The Balaban J connectivity index is 2.17. The molecule has 0 N–H and O–H groups in total. The molecule has 6 nitrogen and oxygen atoms in total. The number of nitrogens with zero attached hydrogens (tertiary/aromatic N) is 2. The van der Waals surface area contributed by atoms with Crippen molar-refractivity contribution in [2.45, 2.75) is 53.1 Å². The molecule has 1 unspecified atom stereocenters. The van der Waals surface area contributed by atoms with Crippen LogP contribution in [0.25, 0.3) is 0 Å². The van der Waals surface area contributed by atoms with Gasteiger partial charge < -0.3 is 19.3 Å². The molecule has 0 radical (unpaired) electrons. The number of likely N-dealkylation sites (N-methyl/N-ethyl adjacent to an activating group) is 1. The van der Waals surface area contributed by atoms with Crippen molar-refractivity contribution in [2.75, 3.05) is 27.3 Å². The average Bonchev–Trinajstić information content (AvgIpc) is 3.13. The van der Waals surface area contributed by atoms with Crippen molar-refractivity contribution in [3.05, 3.63) is 23.8 Å². The molecule has 1 atom stereocenters. The van der Waals surface area contributed by atoms with Crippen molar-refractivity contribution in [3.63, 3.8) is 0 Å². The number of rotatable bonds is 6. The van der Waals surface area contributed by atoms with Gasteiger partial charge in [-0.05, 0) is 37.5 Å². The van der Waals surface area contributed by atoms with E-state index in [-0.39, 0.29) is 17.9 Å². The second-order valence-corrected chi connectivity index (χ2v) is 7.95. The molecule has 1 saturated heterocycles. The first-order valence-corrected chi connectivity index (χ1v) is 9.53. The van der Waals surface area contributed by atoms with Gasteiger partial charge in [-0.25, -0.2) is 0 Å². The third kappa shape index (κ3) is 4.73. The minimum atomic E-state index is -0.483. The molecule has 0 bridgehead atoms. The molecular weight excluding hydrogens is 344 g/mol. The lowest BCUT2D eigenvalue weighted by atomic mass is 9.94. The predicted octanol–water partition coefficient (Wildman–Crippen LogP) is 3.09. The van der Waals surface area contributed by atoms with Crippen LogP contribution in [0.1, 0.15) is 46.1 Å². The van der Waals surface area contributed by atoms with Crippen LogP contribution in [-0.4, -0.2) is 55.0 Å². The molecule has 1 aromatic rings. The number of amides is 2. The second kappa shape index (κ2) is 8.63. The highest BCUT2D eigenvalue weighted by Crippen LogP contribution is 2.29. The lowest BCUT2D eigenvalue weighted by Gasteiger charge is -2.33. The Morgan fingerprint density at radius 3 is 2.41 bits per heavy atom. The molecule has 6 heteroatoms. The number of ether oxygens (including phenoxy) is 2. The predicted molar refractivity (Wildman–Crippen MR) is 105 cm³/mol. The highest BCUT2D eigenvalue weighted by Gasteiger charge is 2.39. The summed E-state index contributed by atoms with van der Waals surface area (Å²) in [6, 6.07) is 5.31. The minimum absolute atomic E-state index is 0.0161. The molecule has 1 aliphatic rings. The van der Waals surface area contributed by atoms with Crippen LogP contribution >= 0.6 is 0 Å². The summed E-state index contributed by atoms with van der Waals surface area (Å²) in [6.07, 6.45) is 1.59. The molecule has 150 valence electrons. The Kier molecular flexibility index (Phi) is 6.73. The standard InChI is InChI=1S/C21H32N2O4/c1-7-22(14-15-10-11-17(26-5)18(13-15)27-6)19(24)16-9-8-12-23(16)20(25)21(2,3)4/h10-11,13,16H,7-9,12,14H2,1-6H3. The number of likely N-dealkylation sites (tertiary alicyclic amines) is 1. The molecule has 1 aromatic carbocycles. The van der Waals surface area contributed by atoms with E-state index in [2.05, 4.69) is 0 Å². The van der Waals surface area contributed by atoms with E-state index < -0.39 is 5.41 Å². The van der Waals surface area contributed by atoms with Crippen LogP contribution in [0.15, 0.2) is 18.2 Å². The van der Waals surface area contributed by atoms with Crippen LogP contribution < -0.4 is 9.47 Å². The molecule has 2 rings (SSSR count). The Hall–Kier alpha value is -2.24. The van der Waals surface area contributed by atoms with Gasteiger partial charge in [0.25, 0.3) is 0 Å². The Morgan fingerprint density at radius 1 is 1.19 bits per heavy atom. The fourth-order valence-electron chi connectivity index (χ4n) is 3.45.